The van der Waals surface area contributed by atoms with Crippen LogP contribution in [0.4, 0.5) is 30.5 Å². The lowest BCUT2D eigenvalue weighted by Gasteiger charge is -2.16. The van der Waals surface area contributed by atoms with Gasteiger partial charge in [0, 0.05) is 12.1 Å². The number of anilines is 2. The predicted molar refractivity (Wildman–Crippen MR) is 59.1 cm³/mol. The van der Waals surface area contributed by atoms with E-state index in [1.165, 1.54) is 13.0 Å². The van der Waals surface area contributed by atoms with Crippen LogP contribution in [0, 0.1) is 10.1 Å². The fourth-order valence-corrected chi connectivity index (χ4v) is 1.35. The average molecular weight is 264 g/mol. The number of nitrogens with one attached hydrogen (secondary N) is 1. The summed E-state index contributed by atoms with van der Waals surface area (Å²) in [4.78, 5) is 13.5. The molecule has 0 spiro atoms. The van der Waals surface area contributed by atoms with Crippen LogP contribution in [0.25, 0.3) is 0 Å². The van der Waals surface area contributed by atoms with Crippen LogP contribution < -0.4 is 11.1 Å². The van der Waals surface area contributed by atoms with Gasteiger partial charge in [0.15, 0.2) is 0 Å². The van der Waals surface area contributed by atoms with Crippen molar-refractivity contribution < 1.29 is 18.1 Å². The summed E-state index contributed by atoms with van der Waals surface area (Å²) in [5, 5.41) is 13.0. The number of aromatic nitrogens is 1. The molecule has 1 unspecified atom stereocenters. The van der Waals surface area contributed by atoms with E-state index < -0.39 is 29.2 Å². The first kappa shape index (κ1) is 14.0. The molecule has 3 N–H and O–H groups in total. The SMILES string of the molecule is CC(CC(F)(F)F)Nc1nc(N)ccc1[N+](=O)[O-]. The van der Waals surface area contributed by atoms with E-state index in [-0.39, 0.29) is 11.6 Å². The van der Waals surface area contributed by atoms with Crippen LogP contribution in [0.15, 0.2) is 12.1 Å². The second kappa shape index (κ2) is 5.07. The minimum absolute atomic E-state index is 0.0118. The third kappa shape index (κ3) is 4.07. The maximum Gasteiger partial charge on any atom is 0.391 e. The van der Waals surface area contributed by atoms with Crippen molar-refractivity contribution in [2.24, 2.45) is 0 Å². The van der Waals surface area contributed by atoms with Crippen molar-refractivity contribution in [2.75, 3.05) is 11.1 Å². The van der Waals surface area contributed by atoms with Crippen LogP contribution >= 0.6 is 0 Å². The van der Waals surface area contributed by atoms with Crippen LogP contribution in [-0.2, 0) is 0 Å². The van der Waals surface area contributed by atoms with Gasteiger partial charge in [-0.1, -0.05) is 0 Å². The molecular formula is C9H11F3N4O2. The van der Waals surface area contributed by atoms with Crippen molar-refractivity contribution in [2.45, 2.75) is 25.6 Å². The van der Waals surface area contributed by atoms with E-state index >= 15 is 0 Å². The van der Waals surface area contributed by atoms with Gasteiger partial charge in [-0.3, -0.25) is 10.1 Å². The molecule has 18 heavy (non-hydrogen) atoms. The van der Waals surface area contributed by atoms with Gasteiger partial charge in [0.1, 0.15) is 5.82 Å². The van der Waals surface area contributed by atoms with Crippen molar-refractivity contribution in [1.29, 1.82) is 0 Å². The van der Waals surface area contributed by atoms with Crippen molar-refractivity contribution >= 4 is 17.3 Å². The fourth-order valence-electron chi connectivity index (χ4n) is 1.35. The maximum absolute atomic E-state index is 12.1. The van der Waals surface area contributed by atoms with Gasteiger partial charge in [-0.05, 0) is 13.0 Å². The minimum Gasteiger partial charge on any atom is -0.384 e. The Morgan fingerprint density at radius 1 is 1.56 bits per heavy atom. The Hall–Kier alpha value is -2.06. The van der Waals surface area contributed by atoms with Crippen LogP contribution in [0.3, 0.4) is 0 Å². The van der Waals surface area contributed by atoms with Crippen LogP contribution in [0.2, 0.25) is 0 Å². The third-order valence-electron chi connectivity index (χ3n) is 2.01. The first-order valence-corrected chi connectivity index (χ1v) is 4.93. The zero-order valence-corrected chi connectivity index (χ0v) is 9.36. The molecule has 0 aliphatic rings. The molecule has 1 heterocycles. The maximum atomic E-state index is 12.1. The molecule has 100 valence electrons. The average Bonchev–Trinajstić information content (AvgIpc) is 2.13. The number of nitrogens with two attached hydrogens (primary N) is 1. The summed E-state index contributed by atoms with van der Waals surface area (Å²) in [5.74, 6) is -0.279. The summed E-state index contributed by atoms with van der Waals surface area (Å²) in [6.07, 6.45) is -5.48. The van der Waals surface area contributed by atoms with Crippen molar-refractivity contribution in [3.63, 3.8) is 0 Å². The molecule has 0 saturated carbocycles. The number of nitro groups is 1. The lowest BCUT2D eigenvalue weighted by molar-refractivity contribution is -0.384. The van der Waals surface area contributed by atoms with Crippen LogP contribution in [0.1, 0.15) is 13.3 Å². The number of nitrogens with zero attached hydrogens (tertiary/aromatic N) is 2. The Balaban J connectivity index is 2.89. The van der Waals surface area contributed by atoms with E-state index in [9.17, 15) is 23.3 Å². The number of rotatable bonds is 4. The first-order valence-electron chi connectivity index (χ1n) is 4.93. The van der Waals surface area contributed by atoms with Gasteiger partial charge in [-0.15, -0.1) is 0 Å². The zero-order valence-electron chi connectivity index (χ0n) is 9.36. The summed E-state index contributed by atoms with van der Waals surface area (Å²) in [6, 6.07) is 1.25. The van der Waals surface area contributed by atoms with Gasteiger partial charge < -0.3 is 11.1 Å². The number of pyridine rings is 1. The first-order chi connectivity index (χ1) is 8.19. The number of halogens is 3. The van der Waals surface area contributed by atoms with E-state index in [1.807, 2.05) is 0 Å². The van der Waals surface area contributed by atoms with E-state index in [2.05, 4.69) is 10.3 Å². The van der Waals surface area contributed by atoms with E-state index in [4.69, 9.17) is 5.73 Å². The highest BCUT2D eigenvalue weighted by molar-refractivity contribution is 5.59. The summed E-state index contributed by atoms with van der Waals surface area (Å²) in [5.41, 5.74) is 4.92. The van der Waals surface area contributed by atoms with Gasteiger partial charge in [0.2, 0.25) is 5.82 Å². The molecule has 6 nitrogen and oxygen atoms in total. The van der Waals surface area contributed by atoms with Crippen LogP contribution in [0.5, 0.6) is 0 Å². The largest absolute Gasteiger partial charge is 0.391 e. The molecule has 9 heteroatoms. The Morgan fingerprint density at radius 2 is 2.17 bits per heavy atom. The quantitative estimate of drug-likeness (QED) is 0.642. The van der Waals surface area contributed by atoms with Crippen molar-refractivity contribution in [1.82, 2.24) is 4.98 Å². The fraction of sp³-hybridized carbons (Fsp3) is 0.444. The lowest BCUT2D eigenvalue weighted by Crippen LogP contribution is -2.24. The molecule has 1 aromatic heterocycles. The van der Waals surface area contributed by atoms with E-state index in [0.717, 1.165) is 6.07 Å². The molecular weight excluding hydrogens is 253 g/mol. The molecule has 0 fully saturated rings. The zero-order chi connectivity index (χ0) is 13.9. The molecule has 0 aliphatic carbocycles. The monoisotopic (exact) mass is 264 g/mol. The Morgan fingerprint density at radius 3 is 2.67 bits per heavy atom. The highest BCUT2D eigenvalue weighted by Gasteiger charge is 2.31. The second-order valence-electron chi connectivity index (χ2n) is 3.73. The Labute approximate surface area is 100 Å². The van der Waals surface area contributed by atoms with Gasteiger partial charge in [0.05, 0.1) is 11.3 Å². The molecule has 0 radical (unpaired) electrons. The van der Waals surface area contributed by atoms with Gasteiger partial charge in [-0.2, -0.15) is 13.2 Å². The third-order valence-corrected chi connectivity index (χ3v) is 2.01. The summed E-state index contributed by atoms with van der Waals surface area (Å²) < 4.78 is 36.4. The Kier molecular flexibility index (Phi) is 3.94. The molecule has 1 rings (SSSR count). The highest BCUT2D eigenvalue weighted by Crippen LogP contribution is 2.27. The van der Waals surface area contributed by atoms with Crippen LogP contribution in [-0.4, -0.2) is 22.1 Å². The number of hydrogen-bond donors (Lipinski definition) is 2. The number of hydrogen-bond acceptors (Lipinski definition) is 5. The summed E-state index contributed by atoms with van der Waals surface area (Å²) >= 11 is 0. The number of alkyl halides is 3. The predicted octanol–water partition coefficient (Wildman–Crippen LogP) is 2.32. The summed E-state index contributed by atoms with van der Waals surface area (Å²) in [6.45, 7) is 1.25. The minimum atomic E-state index is -4.36. The molecule has 0 aliphatic heterocycles. The van der Waals surface area contributed by atoms with E-state index in [1.54, 1.807) is 0 Å². The topological polar surface area (TPSA) is 94.1 Å². The molecule has 0 saturated heterocycles. The molecule has 0 amide bonds. The lowest BCUT2D eigenvalue weighted by atomic mass is 10.2. The second-order valence-corrected chi connectivity index (χ2v) is 3.73. The molecule has 0 aromatic carbocycles. The summed E-state index contributed by atoms with van der Waals surface area (Å²) in [7, 11) is 0. The molecule has 1 aromatic rings. The molecule has 1 atom stereocenters. The van der Waals surface area contributed by atoms with Gasteiger partial charge >= 0.3 is 11.9 Å². The van der Waals surface area contributed by atoms with Gasteiger partial charge in [0.25, 0.3) is 0 Å². The van der Waals surface area contributed by atoms with Gasteiger partial charge in [-0.25, -0.2) is 4.98 Å². The normalized spacial score (nSPS) is 13.1. The molecule has 0 bridgehead atoms. The standard InChI is InChI=1S/C9H11F3N4O2/c1-5(4-9(10,11)12)14-8-6(16(17)18)2-3-7(13)15-8/h2-3,5H,4H2,1H3,(H3,13,14,15). The highest BCUT2D eigenvalue weighted by atomic mass is 19.4. The van der Waals surface area contributed by atoms with Crippen molar-refractivity contribution in [3.05, 3.63) is 22.2 Å². The smallest absolute Gasteiger partial charge is 0.384 e. The van der Waals surface area contributed by atoms with E-state index in [0.29, 0.717) is 0 Å². The number of nitrogen functional groups attached to an aromatic ring is 1. The van der Waals surface area contributed by atoms with Crippen molar-refractivity contribution in [3.8, 4) is 0 Å². The Bertz CT molecular complexity index is 450.